The summed E-state index contributed by atoms with van der Waals surface area (Å²) in [6.07, 6.45) is -0.0359. The molecule has 0 aliphatic heterocycles. The summed E-state index contributed by atoms with van der Waals surface area (Å²) in [5.74, 6) is 1.44. The lowest BCUT2D eigenvalue weighted by Crippen LogP contribution is -2.07. The minimum absolute atomic E-state index is 0.0236. The molecule has 2 aromatic carbocycles. The van der Waals surface area contributed by atoms with Gasteiger partial charge in [-0.25, -0.2) is 0 Å². The van der Waals surface area contributed by atoms with Gasteiger partial charge in [0.2, 0.25) is 0 Å². The highest BCUT2D eigenvalue weighted by Gasteiger charge is 2.12. The fraction of sp³-hybridized carbons (Fsp3) is 0.294. The van der Waals surface area contributed by atoms with Crippen LogP contribution in [-0.2, 0) is 0 Å². The summed E-state index contributed by atoms with van der Waals surface area (Å²) in [5, 5.41) is 0. The second kappa shape index (κ2) is 6.44. The van der Waals surface area contributed by atoms with Gasteiger partial charge in [0.05, 0.1) is 7.11 Å². The zero-order chi connectivity index (χ0) is 14.5. The van der Waals surface area contributed by atoms with E-state index in [1.807, 2.05) is 62.4 Å². The molecule has 0 amide bonds. The van der Waals surface area contributed by atoms with E-state index in [0.717, 1.165) is 16.9 Å². The van der Waals surface area contributed by atoms with Crippen molar-refractivity contribution in [2.45, 2.75) is 26.0 Å². The fourth-order valence-electron chi connectivity index (χ4n) is 2.05. The van der Waals surface area contributed by atoms with Crippen molar-refractivity contribution < 1.29 is 9.47 Å². The maximum atomic E-state index is 5.99. The minimum Gasteiger partial charge on any atom is -0.493 e. The molecule has 0 saturated carbocycles. The first-order valence-electron chi connectivity index (χ1n) is 6.77. The van der Waals surface area contributed by atoms with Crippen LogP contribution in [0.1, 0.15) is 37.1 Å². The zero-order valence-corrected chi connectivity index (χ0v) is 12.2. The highest BCUT2D eigenvalue weighted by atomic mass is 16.5. The van der Waals surface area contributed by atoms with Gasteiger partial charge in [-0.15, -0.1) is 0 Å². The molecule has 0 aliphatic carbocycles. The van der Waals surface area contributed by atoms with Gasteiger partial charge in [-0.2, -0.15) is 0 Å². The maximum Gasteiger partial charge on any atom is 0.162 e. The van der Waals surface area contributed by atoms with Crippen molar-refractivity contribution in [3.63, 3.8) is 0 Å². The Morgan fingerprint density at radius 2 is 1.60 bits per heavy atom. The first-order valence-corrected chi connectivity index (χ1v) is 6.77. The summed E-state index contributed by atoms with van der Waals surface area (Å²) in [6, 6.07) is 15.9. The van der Waals surface area contributed by atoms with Crippen LogP contribution in [0.15, 0.2) is 48.5 Å². The topological polar surface area (TPSA) is 44.5 Å². The summed E-state index contributed by atoms with van der Waals surface area (Å²) in [7, 11) is 1.64. The molecule has 2 atom stereocenters. The van der Waals surface area contributed by atoms with Crippen LogP contribution in [-0.4, -0.2) is 7.11 Å². The van der Waals surface area contributed by atoms with Crippen molar-refractivity contribution in [2.24, 2.45) is 5.73 Å². The Balaban J connectivity index is 2.21. The monoisotopic (exact) mass is 271 g/mol. The number of nitrogens with two attached hydrogens (primary N) is 1. The van der Waals surface area contributed by atoms with Crippen LogP contribution in [0.2, 0.25) is 0 Å². The molecule has 2 aromatic rings. The van der Waals surface area contributed by atoms with Gasteiger partial charge >= 0.3 is 0 Å². The molecule has 2 rings (SSSR count). The fourth-order valence-corrected chi connectivity index (χ4v) is 2.05. The van der Waals surface area contributed by atoms with Crippen molar-refractivity contribution >= 4 is 0 Å². The van der Waals surface area contributed by atoms with Gasteiger partial charge < -0.3 is 15.2 Å². The van der Waals surface area contributed by atoms with Gasteiger partial charge in [-0.3, -0.25) is 0 Å². The summed E-state index contributed by atoms with van der Waals surface area (Å²) >= 11 is 0. The Morgan fingerprint density at radius 3 is 2.20 bits per heavy atom. The zero-order valence-electron chi connectivity index (χ0n) is 12.2. The predicted octanol–water partition coefficient (Wildman–Crippen LogP) is 3.85. The molecule has 1 unspecified atom stereocenters. The lowest BCUT2D eigenvalue weighted by atomic mass is 10.1. The number of methoxy groups -OCH3 is 1. The lowest BCUT2D eigenvalue weighted by Gasteiger charge is -2.18. The average molecular weight is 271 g/mol. The standard InChI is InChI=1S/C17H21NO2/c1-12(18)15-9-10-16(17(11-15)19-3)20-13(2)14-7-5-4-6-8-14/h4-13H,18H2,1-3H3/t12-,13?/m0/s1. The highest BCUT2D eigenvalue weighted by molar-refractivity contribution is 5.44. The highest BCUT2D eigenvalue weighted by Crippen LogP contribution is 2.33. The summed E-state index contributed by atoms with van der Waals surface area (Å²) < 4.78 is 11.4. The minimum atomic E-state index is -0.0359. The number of benzene rings is 2. The van der Waals surface area contributed by atoms with E-state index in [-0.39, 0.29) is 12.1 Å². The van der Waals surface area contributed by atoms with E-state index < -0.39 is 0 Å². The molecule has 3 heteroatoms. The molecule has 20 heavy (non-hydrogen) atoms. The molecule has 106 valence electrons. The van der Waals surface area contributed by atoms with Gasteiger partial charge in [-0.05, 0) is 37.1 Å². The van der Waals surface area contributed by atoms with E-state index in [9.17, 15) is 0 Å². The van der Waals surface area contributed by atoms with Crippen LogP contribution >= 0.6 is 0 Å². The first-order chi connectivity index (χ1) is 9.61. The predicted molar refractivity (Wildman–Crippen MR) is 81.1 cm³/mol. The lowest BCUT2D eigenvalue weighted by molar-refractivity contribution is 0.216. The molecule has 0 spiro atoms. The molecule has 0 aromatic heterocycles. The van der Waals surface area contributed by atoms with Crippen molar-refractivity contribution in [3.05, 3.63) is 59.7 Å². The van der Waals surface area contributed by atoms with E-state index in [1.165, 1.54) is 0 Å². The molecule has 0 saturated heterocycles. The van der Waals surface area contributed by atoms with Crippen LogP contribution in [0.5, 0.6) is 11.5 Å². The molecule has 2 N–H and O–H groups in total. The second-order valence-corrected chi connectivity index (χ2v) is 4.87. The molecule has 0 bridgehead atoms. The Kier molecular flexibility index (Phi) is 4.64. The Labute approximate surface area is 120 Å². The van der Waals surface area contributed by atoms with E-state index in [0.29, 0.717) is 5.75 Å². The van der Waals surface area contributed by atoms with Gasteiger partial charge in [0, 0.05) is 6.04 Å². The summed E-state index contributed by atoms with van der Waals surface area (Å²) in [5.41, 5.74) is 8.04. The molecule has 0 heterocycles. The second-order valence-electron chi connectivity index (χ2n) is 4.87. The SMILES string of the molecule is COc1cc([C@H](C)N)ccc1OC(C)c1ccccc1. The molecule has 3 nitrogen and oxygen atoms in total. The number of rotatable bonds is 5. The van der Waals surface area contributed by atoms with Gasteiger partial charge in [-0.1, -0.05) is 36.4 Å². The van der Waals surface area contributed by atoms with Gasteiger partial charge in [0.25, 0.3) is 0 Å². The van der Waals surface area contributed by atoms with Gasteiger partial charge in [0.15, 0.2) is 11.5 Å². The van der Waals surface area contributed by atoms with E-state index in [2.05, 4.69) is 0 Å². The molecular weight excluding hydrogens is 250 g/mol. The Bertz CT molecular complexity index is 552. The number of hydrogen-bond acceptors (Lipinski definition) is 3. The van der Waals surface area contributed by atoms with E-state index in [1.54, 1.807) is 7.11 Å². The van der Waals surface area contributed by atoms with Crippen LogP contribution < -0.4 is 15.2 Å². The van der Waals surface area contributed by atoms with Crippen LogP contribution in [0, 0.1) is 0 Å². The summed E-state index contributed by atoms with van der Waals surface area (Å²) in [6.45, 7) is 3.97. The Hall–Kier alpha value is -2.00. The van der Waals surface area contributed by atoms with E-state index >= 15 is 0 Å². The number of ether oxygens (including phenoxy) is 2. The van der Waals surface area contributed by atoms with Crippen molar-refractivity contribution in [2.75, 3.05) is 7.11 Å². The average Bonchev–Trinajstić information content (AvgIpc) is 2.48. The van der Waals surface area contributed by atoms with Crippen molar-refractivity contribution in [3.8, 4) is 11.5 Å². The van der Waals surface area contributed by atoms with Gasteiger partial charge in [0.1, 0.15) is 6.10 Å². The largest absolute Gasteiger partial charge is 0.493 e. The van der Waals surface area contributed by atoms with Crippen molar-refractivity contribution in [1.82, 2.24) is 0 Å². The number of hydrogen-bond donors (Lipinski definition) is 1. The maximum absolute atomic E-state index is 5.99. The third-order valence-corrected chi connectivity index (χ3v) is 3.29. The molecule has 0 aliphatic rings. The third kappa shape index (κ3) is 3.31. The quantitative estimate of drug-likeness (QED) is 0.898. The van der Waals surface area contributed by atoms with Crippen LogP contribution in [0.25, 0.3) is 0 Å². The van der Waals surface area contributed by atoms with E-state index in [4.69, 9.17) is 15.2 Å². The summed E-state index contributed by atoms with van der Waals surface area (Å²) in [4.78, 5) is 0. The molecular formula is C17H21NO2. The van der Waals surface area contributed by atoms with Crippen molar-refractivity contribution in [1.29, 1.82) is 0 Å². The molecule has 0 fully saturated rings. The smallest absolute Gasteiger partial charge is 0.162 e. The third-order valence-electron chi connectivity index (χ3n) is 3.29. The Morgan fingerprint density at radius 1 is 0.900 bits per heavy atom. The first kappa shape index (κ1) is 14.4. The molecule has 0 radical (unpaired) electrons. The van der Waals surface area contributed by atoms with Crippen LogP contribution in [0.4, 0.5) is 0 Å². The normalized spacial score (nSPS) is 13.6. The van der Waals surface area contributed by atoms with Crippen LogP contribution in [0.3, 0.4) is 0 Å².